The fourth-order valence-corrected chi connectivity index (χ4v) is 1.98. The van der Waals surface area contributed by atoms with Gasteiger partial charge in [0.25, 0.3) is 0 Å². The van der Waals surface area contributed by atoms with Crippen LogP contribution in [0.5, 0.6) is 0 Å². The maximum atomic E-state index is 13.3. The van der Waals surface area contributed by atoms with Crippen molar-refractivity contribution in [3.8, 4) is 0 Å². The molecule has 21 heavy (non-hydrogen) atoms. The summed E-state index contributed by atoms with van der Waals surface area (Å²) in [6.07, 6.45) is -4.53. The predicted molar refractivity (Wildman–Crippen MR) is 73.2 cm³/mol. The first kappa shape index (κ1) is 15.6. The number of hydrogen-bond donors (Lipinski definition) is 2. The molecule has 0 aliphatic rings. The number of nitrogen functional groups attached to an aromatic ring is 1. The lowest BCUT2D eigenvalue weighted by Gasteiger charge is -2.14. The summed E-state index contributed by atoms with van der Waals surface area (Å²) in [4.78, 5) is 0. The van der Waals surface area contributed by atoms with Crippen molar-refractivity contribution in [1.82, 2.24) is 0 Å². The highest BCUT2D eigenvalue weighted by atomic mass is 79.9. The van der Waals surface area contributed by atoms with Gasteiger partial charge >= 0.3 is 6.18 Å². The minimum absolute atomic E-state index is 0.0125. The highest BCUT2D eigenvalue weighted by molar-refractivity contribution is 9.10. The number of halogens is 6. The first-order valence-electron chi connectivity index (χ1n) is 5.57. The van der Waals surface area contributed by atoms with Crippen LogP contribution >= 0.6 is 15.9 Å². The van der Waals surface area contributed by atoms with Gasteiger partial charge in [0.1, 0.15) is 5.82 Å². The van der Waals surface area contributed by atoms with Gasteiger partial charge in [0.05, 0.1) is 22.6 Å². The Hall–Kier alpha value is -1.83. The quantitative estimate of drug-likeness (QED) is 0.575. The molecule has 3 N–H and O–H groups in total. The van der Waals surface area contributed by atoms with Crippen molar-refractivity contribution in [2.24, 2.45) is 0 Å². The molecule has 0 spiro atoms. The van der Waals surface area contributed by atoms with Crippen LogP contribution in [0.15, 0.2) is 34.8 Å². The molecule has 0 fully saturated rings. The molecule has 0 bridgehead atoms. The lowest BCUT2D eigenvalue weighted by atomic mass is 10.1. The van der Waals surface area contributed by atoms with E-state index in [9.17, 15) is 22.0 Å². The summed E-state index contributed by atoms with van der Waals surface area (Å²) in [6.45, 7) is 0. The van der Waals surface area contributed by atoms with E-state index in [-0.39, 0.29) is 17.1 Å². The fourth-order valence-electron chi connectivity index (χ4n) is 1.63. The van der Waals surface area contributed by atoms with Crippen molar-refractivity contribution >= 4 is 33.0 Å². The van der Waals surface area contributed by atoms with E-state index in [1.165, 1.54) is 6.07 Å². The largest absolute Gasteiger partial charge is 0.416 e. The van der Waals surface area contributed by atoms with Crippen LogP contribution in [-0.2, 0) is 6.18 Å². The fraction of sp³-hybridized carbons (Fsp3) is 0.0769. The van der Waals surface area contributed by atoms with Crippen LogP contribution < -0.4 is 11.1 Å². The average Bonchev–Trinajstić information content (AvgIpc) is 2.36. The topological polar surface area (TPSA) is 38.0 Å². The Bertz CT molecular complexity index is 685. The van der Waals surface area contributed by atoms with Crippen molar-refractivity contribution < 1.29 is 22.0 Å². The molecule has 0 unspecified atom stereocenters. The van der Waals surface area contributed by atoms with Gasteiger partial charge in [-0.15, -0.1) is 0 Å². The molecule has 0 aliphatic heterocycles. The van der Waals surface area contributed by atoms with E-state index in [2.05, 4.69) is 21.2 Å². The zero-order chi connectivity index (χ0) is 15.8. The summed E-state index contributed by atoms with van der Waals surface area (Å²) in [5.41, 5.74) is 3.97. The Morgan fingerprint density at radius 3 is 2.29 bits per heavy atom. The number of alkyl halides is 3. The number of benzene rings is 2. The van der Waals surface area contributed by atoms with Crippen molar-refractivity contribution in [3.05, 3.63) is 52.0 Å². The predicted octanol–water partition coefficient (Wildman–Crippen LogP) is 5.07. The van der Waals surface area contributed by atoms with E-state index in [1.807, 2.05) is 0 Å². The Morgan fingerprint density at radius 1 is 1.00 bits per heavy atom. The number of rotatable bonds is 2. The van der Waals surface area contributed by atoms with Crippen LogP contribution in [-0.4, -0.2) is 0 Å². The van der Waals surface area contributed by atoms with Crippen LogP contribution in [0.3, 0.4) is 0 Å². The molecule has 0 amide bonds. The van der Waals surface area contributed by atoms with Crippen LogP contribution in [0.4, 0.5) is 39.0 Å². The van der Waals surface area contributed by atoms with E-state index < -0.39 is 23.4 Å². The Labute approximate surface area is 124 Å². The summed E-state index contributed by atoms with van der Waals surface area (Å²) in [5.74, 6) is -1.90. The first-order valence-corrected chi connectivity index (χ1v) is 6.36. The van der Waals surface area contributed by atoms with Gasteiger partial charge in [-0.05, 0) is 40.2 Å². The average molecular weight is 367 g/mol. The first-order chi connectivity index (χ1) is 9.68. The molecule has 2 aromatic carbocycles. The van der Waals surface area contributed by atoms with Gasteiger partial charge in [0, 0.05) is 10.5 Å². The second-order valence-electron chi connectivity index (χ2n) is 4.17. The third-order valence-corrected chi connectivity index (χ3v) is 3.35. The Morgan fingerprint density at radius 2 is 1.67 bits per heavy atom. The highest BCUT2D eigenvalue weighted by Gasteiger charge is 2.31. The number of nitrogens with two attached hydrogens (primary N) is 1. The third-order valence-electron chi connectivity index (χ3n) is 2.66. The lowest BCUT2D eigenvalue weighted by Crippen LogP contribution is -2.06. The van der Waals surface area contributed by atoms with Gasteiger partial charge in [-0.3, -0.25) is 0 Å². The molecule has 2 nitrogen and oxygen atoms in total. The molecular formula is C13H8BrF5N2. The van der Waals surface area contributed by atoms with Crippen LogP contribution in [0, 0.1) is 11.6 Å². The van der Waals surface area contributed by atoms with Crippen LogP contribution in [0.25, 0.3) is 0 Å². The van der Waals surface area contributed by atoms with Crippen molar-refractivity contribution in [3.63, 3.8) is 0 Å². The summed E-state index contributed by atoms with van der Waals surface area (Å²) in [7, 11) is 0. The molecule has 0 saturated carbocycles. The minimum atomic E-state index is -4.53. The number of hydrogen-bond acceptors (Lipinski definition) is 2. The molecule has 0 aromatic heterocycles. The molecule has 2 rings (SSSR count). The number of nitrogens with one attached hydrogen (secondary N) is 1. The minimum Gasteiger partial charge on any atom is -0.395 e. The molecule has 2 aromatic rings. The second-order valence-corrected chi connectivity index (χ2v) is 5.02. The van der Waals surface area contributed by atoms with Crippen molar-refractivity contribution in [1.29, 1.82) is 0 Å². The van der Waals surface area contributed by atoms with E-state index >= 15 is 0 Å². The molecule has 0 atom stereocenters. The standard InChI is InChI=1S/C13H8BrF5N2/c14-8-2-1-6(13(17,18)19)3-10(8)21-11-5-7(15)4-9(16)12(11)20/h1-5,21H,20H2. The lowest BCUT2D eigenvalue weighted by molar-refractivity contribution is -0.137. The van der Waals surface area contributed by atoms with Gasteiger partial charge in [-0.25, -0.2) is 8.78 Å². The molecule has 112 valence electrons. The van der Waals surface area contributed by atoms with Gasteiger partial charge in [-0.1, -0.05) is 0 Å². The van der Waals surface area contributed by atoms with Gasteiger partial charge in [0.2, 0.25) is 0 Å². The molecule has 0 heterocycles. The third kappa shape index (κ3) is 3.44. The summed E-state index contributed by atoms with van der Waals surface area (Å²) >= 11 is 3.06. The smallest absolute Gasteiger partial charge is 0.395 e. The molecule has 8 heteroatoms. The summed E-state index contributed by atoms with van der Waals surface area (Å²) in [5, 5.41) is 2.48. The van der Waals surface area contributed by atoms with E-state index in [1.54, 1.807) is 0 Å². The molecule has 0 aliphatic carbocycles. The summed E-state index contributed by atoms with van der Waals surface area (Å²) in [6, 6.07) is 4.35. The van der Waals surface area contributed by atoms with Gasteiger partial charge in [-0.2, -0.15) is 13.2 Å². The zero-order valence-electron chi connectivity index (χ0n) is 10.2. The van der Waals surface area contributed by atoms with E-state index in [0.717, 1.165) is 18.2 Å². The second kappa shape index (κ2) is 5.51. The van der Waals surface area contributed by atoms with E-state index in [0.29, 0.717) is 10.5 Å². The Balaban J connectivity index is 2.45. The Kier molecular flexibility index (Phi) is 4.08. The SMILES string of the molecule is Nc1c(F)cc(F)cc1Nc1cc(C(F)(F)F)ccc1Br. The molecule has 0 radical (unpaired) electrons. The normalized spacial score (nSPS) is 11.5. The highest BCUT2D eigenvalue weighted by Crippen LogP contribution is 2.36. The number of anilines is 3. The van der Waals surface area contributed by atoms with Crippen molar-refractivity contribution in [2.75, 3.05) is 11.1 Å². The summed E-state index contributed by atoms with van der Waals surface area (Å²) < 4.78 is 64.7. The molecular weight excluding hydrogens is 359 g/mol. The van der Waals surface area contributed by atoms with Gasteiger partial charge < -0.3 is 11.1 Å². The maximum absolute atomic E-state index is 13.3. The van der Waals surface area contributed by atoms with Crippen LogP contribution in [0.2, 0.25) is 0 Å². The van der Waals surface area contributed by atoms with E-state index in [4.69, 9.17) is 5.73 Å². The zero-order valence-corrected chi connectivity index (χ0v) is 11.8. The molecule has 0 saturated heterocycles. The monoisotopic (exact) mass is 366 g/mol. The van der Waals surface area contributed by atoms with Crippen molar-refractivity contribution in [2.45, 2.75) is 6.18 Å². The maximum Gasteiger partial charge on any atom is 0.416 e. The van der Waals surface area contributed by atoms with Gasteiger partial charge in [0.15, 0.2) is 5.82 Å². The van der Waals surface area contributed by atoms with Crippen LogP contribution in [0.1, 0.15) is 5.56 Å².